The zero-order valence-corrected chi connectivity index (χ0v) is 12.0. The van der Waals surface area contributed by atoms with Crippen molar-refractivity contribution < 1.29 is 0 Å². The standard InChI is InChI=1S/C17H18N4/c1-2-16-8-13(10-18)9-17(20-16)21-12-15(11-19-21)14-6-4-3-5-7-14/h3-9,11-12H,2,10,18H2,1H3. The lowest BCUT2D eigenvalue weighted by atomic mass is 10.1. The summed E-state index contributed by atoms with van der Waals surface area (Å²) in [7, 11) is 0. The Morgan fingerprint density at radius 3 is 2.62 bits per heavy atom. The molecule has 3 aromatic rings. The lowest BCUT2D eigenvalue weighted by Crippen LogP contribution is -2.05. The Morgan fingerprint density at radius 1 is 1.10 bits per heavy atom. The van der Waals surface area contributed by atoms with E-state index in [2.05, 4.69) is 29.1 Å². The van der Waals surface area contributed by atoms with E-state index in [1.54, 1.807) is 4.68 Å². The molecule has 1 aromatic carbocycles. The van der Waals surface area contributed by atoms with Gasteiger partial charge in [0.15, 0.2) is 5.82 Å². The largest absolute Gasteiger partial charge is 0.326 e. The van der Waals surface area contributed by atoms with Crippen molar-refractivity contribution in [3.05, 3.63) is 66.1 Å². The molecule has 0 aliphatic heterocycles. The number of rotatable bonds is 4. The van der Waals surface area contributed by atoms with E-state index in [0.717, 1.165) is 34.6 Å². The van der Waals surface area contributed by atoms with Gasteiger partial charge in [0.2, 0.25) is 0 Å². The zero-order valence-electron chi connectivity index (χ0n) is 12.0. The molecule has 106 valence electrons. The van der Waals surface area contributed by atoms with Gasteiger partial charge in [-0.25, -0.2) is 9.67 Å². The Morgan fingerprint density at radius 2 is 1.90 bits per heavy atom. The van der Waals surface area contributed by atoms with Gasteiger partial charge in [-0.2, -0.15) is 5.10 Å². The summed E-state index contributed by atoms with van der Waals surface area (Å²) in [6.07, 6.45) is 4.74. The van der Waals surface area contributed by atoms with Gasteiger partial charge in [-0.05, 0) is 29.7 Å². The first kappa shape index (κ1) is 13.5. The molecule has 0 atom stereocenters. The highest BCUT2D eigenvalue weighted by Gasteiger charge is 2.06. The van der Waals surface area contributed by atoms with E-state index in [4.69, 9.17) is 5.73 Å². The van der Waals surface area contributed by atoms with Gasteiger partial charge in [0, 0.05) is 24.0 Å². The summed E-state index contributed by atoms with van der Waals surface area (Å²) >= 11 is 0. The molecule has 4 heteroatoms. The first-order valence-electron chi connectivity index (χ1n) is 7.10. The second kappa shape index (κ2) is 5.89. The number of nitrogens with two attached hydrogens (primary N) is 1. The normalized spacial score (nSPS) is 10.8. The van der Waals surface area contributed by atoms with Gasteiger partial charge in [0.25, 0.3) is 0 Å². The maximum Gasteiger partial charge on any atom is 0.153 e. The maximum atomic E-state index is 5.76. The van der Waals surface area contributed by atoms with Crippen LogP contribution in [0.3, 0.4) is 0 Å². The highest BCUT2D eigenvalue weighted by atomic mass is 15.3. The number of nitrogens with zero attached hydrogens (tertiary/aromatic N) is 3. The van der Waals surface area contributed by atoms with Crippen molar-refractivity contribution in [2.24, 2.45) is 5.73 Å². The van der Waals surface area contributed by atoms with E-state index in [9.17, 15) is 0 Å². The van der Waals surface area contributed by atoms with Crippen molar-refractivity contribution in [1.29, 1.82) is 0 Å². The molecule has 0 saturated heterocycles. The number of pyridine rings is 1. The second-order valence-corrected chi connectivity index (χ2v) is 4.92. The maximum absolute atomic E-state index is 5.76. The average molecular weight is 278 g/mol. The third kappa shape index (κ3) is 2.85. The summed E-state index contributed by atoms with van der Waals surface area (Å²) in [5.74, 6) is 0.817. The highest BCUT2D eigenvalue weighted by molar-refractivity contribution is 5.61. The number of aryl methyl sites for hydroxylation is 1. The van der Waals surface area contributed by atoms with Crippen molar-refractivity contribution in [3.8, 4) is 16.9 Å². The van der Waals surface area contributed by atoms with Gasteiger partial charge in [0.05, 0.1) is 6.20 Å². The summed E-state index contributed by atoms with van der Waals surface area (Å²) < 4.78 is 1.81. The van der Waals surface area contributed by atoms with E-state index in [1.165, 1.54) is 0 Å². The smallest absolute Gasteiger partial charge is 0.153 e. The molecule has 2 heterocycles. The summed E-state index contributed by atoms with van der Waals surface area (Å²) in [4.78, 5) is 4.62. The zero-order chi connectivity index (χ0) is 14.7. The molecule has 0 saturated carbocycles. The van der Waals surface area contributed by atoms with Crippen LogP contribution in [0.1, 0.15) is 18.2 Å². The van der Waals surface area contributed by atoms with Crippen LogP contribution in [0.2, 0.25) is 0 Å². The van der Waals surface area contributed by atoms with E-state index < -0.39 is 0 Å². The fourth-order valence-electron chi connectivity index (χ4n) is 2.28. The topological polar surface area (TPSA) is 56.7 Å². The molecule has 21 heavy (non-hydrogen) atoms. The quantitative estimate of drug-likeness (QED) is 0.798. The molecule has 0 unspecified atom stereocenters. The minimum Gasteiger partial charge on any atom is -0.326 e. The van der Waals surface area contributed by atoms with Crippen LogP contribution in [0.5, 0.6) is 0 Å². The summed E-state index contributed by atoms with van der Waals surface area (Å²) in [6, 6.07) is 14.2. The van der Waals surface area contributed by atoms with E-state index in [1.807, 2.05) is 42.7 Å². The van der Waals surface area contributed by atoms with Crippen LogP contribution in [-0.2, 0) is 13.0 Å². The van der Waals surface area contributed by atoms with Gasteiger partial charge >= 0.3 is 0 Å². The molecule has 0 spiro atoms. The van der Waals surface area contributed by atoms with Gasteiger partial charge in [-0.1, -0.05) is 37.3 Å². The van der Waals surface area contributed by atoms with Crippen molar-refractivity contribution in [2.75, 3.05) is 0 Å². The Balaban J connectivity index is 2.00. The van der Waals surface area contributed by atoms with Crippen molar-refractivity contribution >= 4 is 0 Å². The Labute approximate surface area is 124 Å². The molecule has 2 N–H and O–H groups in total. The van der Waals surface area contributed by atoms with E-state index in [-0.39, 0.29) is 0 Å². The van der Waals surface area contributed by atoms with Crippen molar-refractivity contribution in [3.63, 3.8) is 0 Å². The lowest BCUT2D eigenvalue weighted by Gasteiger charge is -2.06. The third-order valence-electron chi connectivity index (χ3n) is 3.45. The van der Waals surface area contributed by atoms with Gasteiger partial charge in [-0.3, -0.25) is 0 Å². The number of hydrogen-bond donors (Lipinski definition) is 1. The summed E-state index contributed by atoms with van der Waals surface area (Å²) in [6.45, 7) is 2.60. The van der Waals surface area contributed by atoms with E-state index in [0.29, 0.717) is 6.54 Å². The van der Waals surface area contributed by atoms with Crippen LogP contribution in [0.15, 0.2) is 54.9 Å². The fourth-order valence-corrected chi connectivity index (χ4v) is 2.28. The van der Waals surface area contributed by atoms with Crippen LogP contribution in [0.25, 0.3) is 16.9 Å². The van der Waals surface area contributed by atoms with E-state index >= 15 is 0 Å². The van der Waals surface area contributed by atoms with Crippen LogP contribution >= 0.6 is 0 Å². The molecule has 0 bridgehead atoms. The molecule has 2 aromatic heterocycles. The minimum absolute atomic E-state index is 0.509. The van der Waals surface area contributed by atoms with Crippen LogP contribution in [0.4, 0.5) is 0 Å². The molecular weight excluding hydrogens is 260 g/mol. The number of benzene rings is 1. The van der Waals surface area contributed by atoms with Crippen molar-refractivity contribution in [1.82, 2.24) is 14.8 Å². The first-order chi connectivity index (χ1) is 10.3. The monoisotopic (exact) mass is 278 g/mol. The number of hydrogen-bond acceptors (Lipinski definition) is 3. The summed E-state index contributed by atoms with van der Waals surface area (Å²) in [5.41, 5.74) is 10.1. The van der Waals surface area contributed by atoms with Gasteiger partial charge in [-0.15, -0.1) is 0 Å². The van der Waals surface area contributed by atoms with Crippen LogP contribution in [-0.4, -0.2) is 14.8 Å². The van der Waals surface area contributed by atoms with Gasteiger partial charge < -0.3 is 5.73 Å². The Hall–Kier alpha value is -2.46. The Bertz CT molecular complexity index is 709. The van der Waals surface area contributed by atoms with Crippen LogP contribution in [0, 0.1) is 0 Å². The predicted molar refractivity (Wildman–Crippen MR) is 84.1 cm³/mol. The molecule has 4 nitrogen and oxygen atoms in total. The molecule has 0 fully saturated rings. The Kier molecular flexibility index (Phi) is 3.79. The molecule has 0 aliphatic carbocycles. The van der Waals surface area contributed by atoms with Crippen molar-refractivity contribution in [2.45, 2.75) is 19.9 Å². The predicted octanol–water partition coefficient (Wildman–Crippen LogP) is 2.96. The first-order valence-corrected chi connectivity index (χ1v) is 7.10. The lowest BCUT2D eigenvalue weighted by molar-refractivity contribution is 0.826. The number of aromatic nitrogens is 3. The molecule has 0 radical (unpaired) electrons. The highest BCUT2D eigenvalue weighted by Crippen LogP contribution is 2.19. The average Bonchev–Trinajstić information content (AvgIpc) is 3.05. The molecule has 0 amide bonds. The second-order valence-electron chi connectivity index (χ2n) is 4.92. The fraction of sp³-hybridized carbons (Fsp3) is 0.176. The minimum atomic E-state index is 0.509. The summed E-state index contributed by atoms with van der Waals surface area (Å²) in [5, 5.41) is 4.43. The van der Waals surface area contributed by atoms with Gasteiger partial charge in [0.1, 0.15) is 0 Å². The molecule has 3 rings (SSSR count). The SMILES string of the molecule is CCc1cc(CN)cc(-n2cc(-c3ccccc3)cn2)n1. The molecule has 0 aliphatic rings. The molecular formula is C17H18N4. The van der Waals surface area contributed by atoms with Crippen LogP contribution < -0.4 is 5.73 Å². The third-order valence-corrected chi connectivity index (χ3v) is 3.45.